The molecule has 0 aliphatic rings. The number of hydrogen-bond donors (Lipinski definition) is 1. The minimum atomic E-state index is -1.08. The molecule has 2 rings (SSSR count). The van der Waals surface area contributed by atoms with Crippen molar-refractivity contribution in [1.82, 2.24) is 0 Å². The van der Waals surface area contributed by atoms with E-state index >= 15 is 0 Å². The highest BCUT2D eigenvalue weighted by Crippen LogP contribution is 2.33. The fraction of sp³-hybridized carbons (Fsp3) is 0.133. The number of rotatable bonds is 5. The van der Waals surface area contributed by atoms with Crippen molar-refractivity contribution < 1.29 is 19.4 Å². The first-order valence-electron chi connectivity index (χ1n) is 5.89. The molecule has 0 saturated carbocycles. The van der Waals surface area contributed by atoms with Crippen LogP contribution in [0.2, 0.25) is 0 Å². The van der Waals surface area contributed by atoms with Crippen LogP contribution in [0.15, 0.2) is 53.0 Å². The number of carbonyl (C=O) groups is 1. The van der Waals surface area contributed by atoms with Gasteiger partial charge in [-0.25, -0.2) is 4.79 Å². The molecule has 1 unspecified atom stereocenters. The molecule has 0 saturated heterocycles. The zero-order chi connectivity index (χ0) is 14.5. The molecule has 20 heavy (non-hydrogen) atoms. The second-order valence-corrected chi connectivity index (χ2v) is 4.96. The monoisotopic (exact) mass is 336 g/mol. The van der Waals surface area contributed by atoms with E-state index in [9.17, 15) is 9.90 Å². The third-order valence-electron chi connectivity index (χ3n) is 2.70. The molecular weight excluding hydrogens is 324 g/mol. The normalized spacial score (nSPS) is 11.7. The Hall–Kier alpha value is -2.01. The average Bonchev–Trinajstić information content (AvgIpc) is 2.46. The molecule has 0 aromatic heterocycles. The molecule has 0 fully saturated rings. The maximum Gasteiger partial charge on any atom is 0.349 e. The summed E-state index contributed by atoms with van der Waals surface area (Å²) in [5, 5.41) is 9.33. The summed E-state index contributed by atoms with van der Waals surface area (Å²) in [5.41, 5.74) is 0.574. The Balaban J connectivity index is 2.32. The lowest BCUT2D eigenvalue weighted by atomic mass is 10.1. The number of hydrogen-bond acceptors (Lipinski definition) is 3. The van der Waals surface area contributed by atoms with E-state index in [1.807, 2.05) is 6.07 Å². The smallest absolute Gasteiger partial charge is 0.349 e. The Labute approximate surface area is 125 Å². The molecule has 0 heterocycles. The molecule has 1 atom stereocenters. The largest absolute Gasteiger partial charge is 0.493 e. The van der Waals surface area contributed by atoms with E-state index in [1.54, 1.807) is 42.5 Å². The highest BCUT2D eigenvalue weighted by molar-refractivity contribution is 9.10. The number of halogens is 1. The van der Waals surface area contributed by atoms with E-state index in [-0.39, 0.29) is 0 Å². The van der Waals surface area contributed by atoms with E-state index in [4.69, 9.17) is 9.47 Å². The summed E-state index contributed by atoms with van der Waals surface area (Å²) in [6.45, 7) is 0. The van der Waals surface area contributed by atoms with Crippen LogP contribution in [-0.2, 0) is 4.79 Å². The zero-order valence-electron chi connectivity index (χ0n) is 10.7. The Bertz CT molecular complexity index is 598. The summed E-state index contributed by atoms with van der Waals surface area (Å²) in [5.74, 6) is -0.199. The quantitative estimate of drug-likeness (QED) is 0.905. The summed E-state index contributed by atoms with van der Waals surface area (Å²) in [4.78, 5) is 11.4. The van der Waals surface area contributed by atoms with Gasteiger partial charge in [-0.2, -0.15) is 0 Å². The second-order valence-electron chi connectivity index (χ2n) is 4.04. The van der Waals surface area contributed by atoms with Gasteiger partial charge in [-0.05, 0) is 18.2 Å². The Morgan fingerprint density at radius 1 is 1.15 bits per heavy atom. The van der Waals surface area contributed by atoms with Gasteiger partial charge in [0, 0.05) is 10.0 Å². The lowest BCUT2D eigenvalue weighted by molar-refractivity contribution is -0.145. The van der Waals surface area contributed by atoms with Crippen molar-refractivity contribution in [2.45, 2.75) is 6.10 Å². The fourth-order valence-corrected chi connectivity index (χ4v) is 2.09. The Morgan fingerprint density at radius 3 is 2.45 bits per heavy atom. The highest BCUT2D eigenvalue weighted by atomic mass is 79.9. The number of ether oxygens (including phenoxy) is 2. The van der Waals surface area contributed by atoms with Crippen molar-refractivity contribution in [2.75, 3.05) is 7.11 Å². The van der Waals surface area contributed by atoms with Gasteiger partial charge in [-0.15, -0.1) is 0 Å². The SMILES string of the molecule is COc1cc(Br)ccc1OC(C(=O)O)c1ccccc1. The lowest BCUT2D eigenvalue weighted by Gasteiger charge is -2.17. The van der Waals surface area contributed by atoms with Crippen LogP contribution >= 0.6 is 15.9 Å². The number of benzene rings is 2. The molecule has 4 nitrogen and oxygen atoms in total. The molecule has 104 valence electrons. The van der Waals surface area contributed by atoms with Crippen molar-refractivity contribution in [3.63, 3.8) is 0 Å². The van der Waals surface area contributed by atoms with Crippen molar-refractivity contribution in [3.8, 4) is 11.5 Å². The van der Waals surface area contributed by atoms with Gasteiger partial charge in [-0.3, -0.25) is 0 Å². The lowest BCUT2D eigenvalue weighted by Crippen LogP contribution is -2.18. The number of carboxylic acid groups (broad SMARTS) is 1. The van der Waals surface area contributed by atoms with E-state index in [1.165, 1.54) is 7.11 Å². The van der Waals surface area contributed by atoms with Crippen LogP contribution in [0.3, 0.4) is 0 Å². The Morgan fingerprint density at radius 2 is 1.85 bits per heavy atom. The van der Waals surface area contributed by atoms with Gasteiger partial charge in [0.2, 0.25) is 6.10 Å². The van der Waals surface area contributed by atoms with Crippen LogP contribution < -0.4 is 9.47 Å². The van der Waals surface area contributed by atoms with Gasteiger partial charge in [-0.1, -0.05) is 46.3 Å². The summed E-state index contributed by atoms with van der Waals surface area (Å²) in [6, 6.07) is 13.9. The van der Waals surface area contributed by atoms with Gasteiger partial charge < -0.3 is 14.6 Å². The third kappa shape index (κ3) is 3.30. The topological polar surface area (TPSA) is 55.8 Å². The van der Waals surface area contributed by atoms with Gasteiger partial charge in [0.15, 0.2) is 11.5 Å². The molecule has 0 aliphatic heterocycles. The number of methoxy groups -OCH3 is 1. The predicted molar refractivity (Wildman–Crippen MR) is 78.1 cm³/mol. The molecule has 0 bridgehead atoms. The molecule has 2 aromatic carbocycles. The van der Waals surface area contributed by atoms with E-state index in [2.05, 4.69) is 15.9 Å². The van der Waals surface area contributed by atoms with Gasteiger partial charge in [0.1, 0.15) is 0 Å². The van der Waals surface area contributed by atoms with Crippen LogP contribution in [0.4, 0.5) is 0 Å². The van der Waals surface area contributed by atoms with E-state index in [0.717, 1.165) is 4.47 Å². The van der Waals surface area contributed by atoms with Gasteiger partial charge >= 0.3 is 5.97 Å². The van der Waals surface area contributed by atoms with E-state index < -0.39 is 12.1 Å². The molecule has 1 N–H and O–H groups in total. The maximum atomic E-state index is 11.4. The van der Waals surface area contributed by atoms with Crippen molar-refractivity contribution >= 4 is 21.9 Å². The Kier molecular flexibility index (Phi) is 4.63. The first kappa shape index (κ1) is 14.4. The first-order valence-corrected chi connectivity index (χ1v) is 6.69. The van der Waals surface area contributed by atoms with E-state index in [0.29, 0.717) is 17.1 Å². The van der Waals surface area contributed by atoms with Crippen LogP contribution in [0, 0.1) is 0 Å². The van der Waals surface area contributed by atoms with Gasteiger partial charge in [0.25, 0.3) is 0 Å². The molecule has 0 aliphatic carbocycles. The summed E-state index contributed by atoms with van der Waals surface area (Å²) < 4.78 is 11.6. The third-order valence-corrected chi connectivity index (χ3v) is 3.19. The predicted octanol–water partition coefficient (Wildman–Crippen LogP) is 3.66. The van der Waals surface area contributed by atoms with Crippen molar-refractivity contribution in [3.05, 3.63) is 58.6 Å². The highest BCUT2D eigenvalue weighted by Gasteiger charge is 2.23. The molecule has 0 radical (unpaired) electrons. The molecule has 5 heteroatoms. The molecule has 0 spiro atoms. The van der Waals surface area contributed by atoms with Crippen LogP contribution in [0.1, 0.15) is 11.7 Å². The first-order chi connectivity index (χ1) is 9.61. The van der Waals surface area contributed by atoms with Crippen LogP contribution in [0.5, 0.6) is 11.5 Å². The summed E-state index contributed by atoms with van der Waals surface area (Å²) in [6.07, 6.45) is -1.08. The standard InChI is InChI=1S/C15H13BrO4/c1-19-13-9-11(16)7-8-12(13)20-14(15(17)18)10-5-3-2-4-6-10/h2-9,14H,1H3,(H,17,18). The molecule has 0 amide bonds. The summed E-state index contributed by atoms with van der Waals surface area (Å²) in [7, 11) is 1.51. The van der Waals surface area contributed by atoms with Crippen LogP contribution in [0.25, 0.3) is 0 Å². The number of aliphatic carboxylic acids is 1. The zero-order valence-corrected chi connectivity index (χ0v) is 12.3. The number of carboxylic acids is 1. The molecular formula is C15H13BrO4. The van der Waals surface area contributed by atoms with Crippen LogP contribution in [-0.4, -0.2) is 18.2 Å². The fourth-order valence-electron chi connectivity index (χ4n) is 1.75. The average molecular weight is 337 g/mol. The van der Waals surface area contributed by atoms with Crippen molar-refractivity contribution in [1.29, 1.82) is 0 Å². The second kappa shape index (κ2) is 6.43. The minimum absolute atomic E-state index is 0.381. The molecule has 2 aromatic rings. The summed E-state index contributed by atoms with van der Waals surface area (Å²) >= 11 is 3.33. The maximum absolute atomic E-state index is 11.4. The van der Waals surface area contributed by atoms with Crippen molar-refractivity contribution in [2.24, 2.45) is 0 Å². The van der Waals surface area contributed by atoms with Gasteiger partial charge in [0.05, 0.1) is 7.11 Å². The minimum Gasteiger partial charge on any atom is -0.493 e.